The van der Waals surface area contributed by atoms with E-state index in [2.05, 4.69) is 24.1 Å². The highest BCUT2D eigenvalue weighted by Crippen LogP contribution is 2.42. The highest BCUT2D eigenvalue weighted by Gasteiger charge is 2.49. The summed E-state index contributed by atoms with van der Waals surface area (Å²) in [4.78, 5) is 16.0. The SMILES string of the molecule is CCOC1CC(NC(=O)c2ccc(Cl)nc2)C1(C)C. The molecule has 0 spiro atoms. The summed E-state index contributed by atoms with van der Waals surface area (Å²) in [5.41, 5.74) is 0.492. The number of hydrogen-bond donors (Lipinski definition) is 1. The number of pyridine rings is 1. The molecule has 0 saturated heterocycles. The van der Waals surface area contributed by atoms with Gasteiger partial charge in [-0.2, -0.15) is 0 Å². The van der Waals surface area contributed by atoms with Gasteiger partial charge < -0.3 is 10.1 Å². The molecule has 0 radical (unpaired) electrons. The van der Waals surface area contributed by atoms with E-state index in [1.54, 1.807) is 12.1 Å². The van der Waals surface area contributed by atoms with Crippen LogP contribution in [0.3, 0.4) is 0 Å². The van der Waals surface area contributed by atoms with E-state index in [9.17, 15) is 4.79 Å². The molecule has 0 bridgehead atoms. The molecule has 104 valence electrons. The van der Waals surface area contributed by atoms with Gasteiger partial charge in [0.2, 0.25) is 0 Å². The maximum absolute atomic E-state index is 12.1. The largest absolute Gasteiger partial charge is 0.378 e. The number of carbonyl (C=O) groups excluding carboxylic acids is 1. The van der Waals surface area contributed by atoms with E-state index in [0.29, 0.717) is 17.3 Å². The Morgan fingerprint density at radius 2 is 2.32 bits per heavy atom. The molecule has 2 unspecified atom stereocenters. The van der Waals surface area contributed by atoms with Crippen molar-refractivity contribution in [3.05, 3.63) is 29.0 Å². The van der Waals surface area contributed by atoms with E-state index in [1.165, 1.54) is 6.20 Å². The number of nitrogens with zero attached hydrogens (tertiary/aromatic N) is 1. The molecule has 0 aromatic carbocycles. The summed E-state index contributed by atoms with van der Waals surface area (Å²) in [6.07, 6.45) is 2.56. The van der Waals surface area contributed by atoms with Crippen molar-refractivity contribution >= 4 is 17.5 Å². The van der Waals surface area contributed by atoms with Crippen molar-refractivity contribution in [3.63, 3.8) is 0 Å². The lowest BCUT2D eigenvalue weighted by Crippen LogP contribution is -2.62. The number of hydrogen-bond acceptors (Lipinski definition) is 3. The first-order valence-corrected chi connectivity index (χ1v) is 6.87. The van der Waals surface area contributed by atoms with Crippen molar-refractivity contribution in [3.8, 4) is 0 Å². The average Bonchev–Trinajstić information content (AvgIpc) is 2.38. The molecule has 1 aliphatic rings. The Morgan fingerprint density at radius 1 is 1.58 bits per heavy atom. The molecule has 1 N–H and O–H groups in total. The monoisotopic (exact) mass is 282 g/mol. The van der Waals surface area contributed by atoms with Gasteiger partial charge in [0.25, 0.3) is 5.91 Å². The fourth-order valence-corrected chi connectivity index (χ4v) is 2.48. The Bertz CT molecular complexity index is 459. The van der Waals surface area contributed by atoms with Crippen LogP contribution >= 0.6 is 11.6 Å². The summed E-state index contributed by atoms with van der Waals surface area (Å²) in [5, 5.41) is 3.41. The minimum absolute atomic E-state index is 0.0362. The molecule has 1 heterocycles. The first-order chi connectivity index (χ1) is 8.95. The van der Waals surface area contributed by atoms with E-state index in [4.69, 9.17) is 16.3 Å². The fourth-order valence-electron chi connectivity index (χ4n) is 2.37. The van der Waals surface area contributed by atoms with Gasteiger partial charge in [-0.25, -0.2) is 4.98 Å². The molecule has 1 amide bonds. The van der Waals surface area contributed by atoms with Crippen LogP contribution in [-0.4, -0.2) is 29.6 Å². The second kappa shape index (κ2) is 5.47. The Kier molecular flexibility index (Phi) is 4.11. The van der Waals surface area contributed by atoms with Gasteiger partial charge in [-0.3, -0.25) is 4.79 Å². The Morgan fingerprint density at radius 3 is 2.84 bits per heavy atom. The normalized spacial score (nSPS) is 24.6. The van der Waals surface area contributed by atoms with Crippen LogP contribution in [0.4, 0.5) is 0 Å². The third-order valence-electron chi connectivity index (χ3n) is 3.84. The van der Waals surface area contributed by atoms with Crippen molar-refractivity contribution in [2.24, 2.45) is 5.41 Å². The number of amides is 1. The van der Waals surface area contributed by atoms with Crippen molar-refractivity contribution in [1.82, 2.24) is 10.3 Å². The smallest absolute Gasteiger partial charge is 0.253 e. The first-order valence-electron chi connectivity index (χ1n) is 6.49. The molecule has 4 nitrogen and oxygen atoms in total. The number of aromatic nitrogens is 1. The quantitative estimate of drug-likeness (QED) is 0.864. The van der Waals surface area contributed by atoms with Gasteiger partial charge >= 0.3 is 0 Å². The maximum atomic E-state index is 12.1. The van der Waals surface area contributed by atoms with Crippen LogP contribution in [0.2, 0.25) is 5.15 Å². The molecular formula is C14H19ClN2O2. The first kappa shape index (κ1) is 14.3. The van der Waals surface area contributed by atoms with Crippen LogP contribution in [0.25, 0.3) is 0 Å². The Hall–Kier alpha value is -1.13. The molecule has 1 fully saturated rings. The lowest BCUT2D eigenvalue weighted by atomic mass is 9.64. The van der Waals surface area contributed by atoms with Crippen LogP contribution in [0.15, 0.2) is 18.3 Å². The summed E-state index contributed by atoms with van der Waals surface area (Å²) in [6.45, 7) is 6.92. The van der Waals surface area contributed by atoms with Crippen LogP contribution in [0, 0.1) is 5.41 Å². The number of rotatable bonds is 4. The molecule has 1 aromatic heterocycles. The van der Waals surface area contributed by atoms with E-state index in [0.717, 1.165) is 6.42 Å². The lowest BCUT2D eigenvalue weighted by molar-refractivity contribution is -0.111. The molecule has 1 saturated carbocycles. The molecule has 2 atom stereocenters. The third-order valence-corrected chi connectivity index (χ3v) is 4.06. The molecule has 2 rings (SSSR count). The van der Waals surface area contributed by atoms with Crippen molar-refractivity contribution in [2.45, 2.75) is 39.3 Å². The lowest BCUT2D eigenvalue weighted by Gasteiger charge is -2.51. The maximum Gasteiger partial charge on any atom is 0.253 e. The van der Waals surface area contributed by atoms with E-state index in [-0.39, 0.29) is 23.5 Å². The van der Waals surface area contributed by atoms with Gasteiger partial charge in [-0.1, -0.05) is 25.4 Å². The zero-order valence-corrected chi connectivity index (χ0v) is 12.2. The van der Waals surface area contributed by atoms with E-state index >= 15 is 0 Å². The fraction of sp³-hybridized carbons (Fsp3) is 0.571. The summed E-state index contributed by atoms with van der Waals surface area (Å²) < 4.78 is 5.65. The van der Waals surface area contributed by atoms with Crippen molar-refractivity contribution < 1.29 is 9.53 Å². The Balaban J connectivity index is 1.96. The molecule has 0 aliphatic heterocycles. The molecule has 1 aromatic rings. The summed E-state index contributed by atoms with van der Waals surface area (Å²) >= 11 is 5.70. The minimum Gasteiger partial charge on any atom is -0.378 e. The third kappa shape index (κ3) is 2.90. The highest BCUT2D eigenvalue weighted by atomic mass is 35.5. The van der Waals surface area contributed by atoms with E-state index < -0.39 is 0 Å². The molecular weight excluding hydrogens is 264 g/mol. The summed E-state index contributed by atoms with van der Waals surface area (Å²) in [6, 6.07) is 3.43. The topological polar surface area (TPSA) is 51.2 Å². The predicted molar refractivity (Wildman–Crippen MR) is 74.3 cm³/mol. The van der Waals surface area contributed by atoms with Crippen LogP contribution < -0.4 is 5.32 Å². The van der Waals surface area contributed by atoms with Gasteiger partial charge in [-0.05, 0) is 25.5 Å². The van der Waals surface area contributed by atoms with Crippen LogP contribution in [0.1, 0.15) is 37.6 Å². The molecule has 5 heteroatoms. The van der Waals surface area contributed by atoms with Gasteiger partial charge in [0.05, 0.1) is 11.7 Å². The summed E-state index contributed by atoms with van der Waals surface area (Å²) in [7, 11) is 0. The predicted octanol–water partition coefficient (Wildman–Crippen LogP) is 2.67. The number of nitrogens with one attached hydrogen (secondary N) is 1. The zero-order valence-electron chi connectivity index (χ0n) is 11.4. The second-order valence-corrected chi connectivity index (χ2v) is 5.78. The second-order valence-electron chi connectivity index (χ2n) is 5.40. The zero-order chi connectivity index (χ0) is 14.0. The van der Waals surface area contributed by atoms with Crippen LogP contribution in [-0.2, 0) is 4.74 Å². The molecule has 19 heavy (non-hydrogen) atoms. The Labute approximate surface area is 118 Å². The summed E-state index contributed by atoms with van der Waals surface area (Å²) in [5.74, 6) is -0.114. The number of carbonyl (C=O) groups is 1. The van der Waals surface area contributed by atoms with Gasteiger partial charge in [-0.15, -0.1) is 0 Å². The minimum atomic E-state index is -0.114. The van der Waals surface area contributed by atoms with E-state index in [1.807, 2.05) is 6.92 Å². The number of ether oxygens (including phenoxy) is 1. The van der Waals surface area contributed by atoms with Crippen molar-refractivity contribution in [1.29, 1.82) is 0 Å². The highest BCUT2D eigenvalue weighted by molar-refractivity contribution is 6.29. The standard InChI is InChI=1S/C14H19ClN2O2/c1-4-19-11-7-10(14(11,2)3)17-13(18)9-5-6-12(15)16-8-9/h5-6,8,10-11H,4,7H2,1-3H3,(H,17,18). The van der Waals surface area contributed by atoms with Crippen LogP contribution in [0.5, 0.6) is 0 Å². The molecule has 1 aliphatic carbocycles. The number of halogens is 1. The van der Waals surface area contributed by atoms with Crippen molar-refractivity contribution in [2.75, 3.05) is 6.61 Å². The van der Waals surface area contributed by atoms with Gasteiger partial charge in [0.15, 0.2) is 0 Å². The average molecular weight is 283 g/mol. The van der Waals surface area contributed by atoms with Gasteiger partial charge in [0, 0.05) is 24.3 Å². The van der Waals surface area contributed by atoms with Gasteiger partial charge in [0.1, 0.15) is 5.15 Å².